The van der Waals surface area contributed by atoms with E-state index in [1.165, 1.54) is 36.5 Å². The van der Waals surface area contributed by atoms with Gasteiger partial charge in [0.2, 0.25) is 10.0 Å². The van der Waals surface area contributed by atoms with Crippen molar-refractivity contribution in [3.05, 3.63) is 53.6 Å². The van der Waals surface area contributed by atoms with Crippen LogP contribution in [-0.2, 0) is 14.8 Å². The lowest BCUT2D eigenvalue weighted by Gasteiger charge is -2.26. The normalized spacial score (nSPS) is 15.0. The highest BCUT2D eigenvalue weighted by atomic mass is 32.2. The number of hydrogen-bond donors (Lipinski definition) is 1. The number of sulfonamides is 1. The molecule has 0 aliphatic carbocycles. The van der Waals surface area contributed by atoms with Crippen LogP contribution in [0.2, 0.25) is 0 Å². The van der Waals surface area contributed by atoms with Gasteiger partial charge in [0.25, 0.3) is 5.91 Å². The number of ether oxygens (including phenoxy) is 2. The quantitative estimate of drug-likeness (QED) is 0.722. The zero-order valence-corrected chi connectivity index (χ0v) is 17.0. The van der Waals surface area contributed by atoms with E-state index in [9.17, 15) is 18.0 Å². The van der Waals surface area contributed by atoms with Crippen LogP contribution in [0.3, 0.4) is 0 Å². The molecule has 0 atom stereocenters. The van der Waals surface area contributed by atoms with Gasteiger partial charge in [0.15, 0.2) is 5.78 Å². The molecular weight excluding hydrogens is 396 g/mol. The van der Waals surface area contributed by atoms with Gasteiger partial charge in [0, 0.05) is 24.3 Å². The minimum Gasteiger partial charge on any atom is -0.496 e. The fourth-order valence-corrected chi connectivity index (χ4v) is 4.41. The smallest absolute Gasteiger partial charge is 0.259 e. The van der Waals surface area contributed by atoms with Crippen molar-refractivity contribution in [1.82, 2.24) is 4.31 Å². The summed E-state index contributed by atoms with van der Waals surface area (Å²) in [5, 5.41) is 2.69. The molecule has 0 aromatic heterocycles. The first-order valence-electron chi connectivity index (χ1n) is 9.01. The Morgan fingerprint density at radius 2 is 1.83 bits per heavy atom. The molecule has 8 nitrogen and oxygen atoms in total. The van der Waals surface area contributed by atoms with E-state index in [-0.39, 0.29) is 35.1 Å². The Labute approximate surface area is 169 Å². The summed E-state index contributed by atoms with van der Waals surface area (Å²) in [6.45, 7) is 2.61. The first-order valence-corrected chi connectivity index (χ1v) is 10.4. The van der Waals surface area contributed by atoms with Gasteiger partial charge in [-0.1, -0.05) is 12.1 Å². The van der Waals surface area contributed by atoms with Gasteiger partial charge in [0.05, 0.1) is 30.8 Å². The van der Waals surface area contributed by atoms with Gasteiger partial charge >= 0.3 is 0 Å². The topological polar surface area (TPSA) is 102 Å². The summed E-state index contributed by atoms with van der Waals surface area (Å²) in [4.78, 5) is 24.4. The van der Waals surface area contributed by atoms with E-state index in [1.54, 1.807) is 24.3 Å². The Bertz CT molecular complexity index is 1030. The SMILES string of the molecule is COc1ccc(S(=O)(=O)N2CCOCC2)cc1C(=O)Nc1cccc(C(C)=O)c1. The summed E-state index contributed by atoms with van der Waals surface area (Å²) < 4.78 is 37.6. The van der Waals surface area contributed by atoms with Crippen LogP contribution in [0, 0.1) is 0 Å². The molecule has 2 aromatic carbocycles. The van der Waals surface area contributed by atoms with Crippen LogP contribution in [-0.4, -0.2) is 57.8 Å². The largest absolute Gasteiger partial charge is 0.496 e. The predicted octanol–water partition coefficient (Wildman–Crippen LogP) is 2.17. The molecular formula is C20H22N2O6S. The number of Topliss-reactive ketones (excluding diaryl/α,β-unsaturated/α-hetero) is 1. The van der Waals surface area contributed by atoms with E-state index in [1.807, 2.05) is 0 Å². The van der Waals surface area contributed by atoms with Crippen LogP contribution in [0.15, 0.2) is 47.4 Å². The monoisotopic (exact) mass is 418 g/mol. The highest BCUT2D eigenvalue weighted by Crippen LogP contribution is 2.26. The minimum absolute atomic E-state index is 0.00263. The molecule has 1 saturated heterocycles. The highest BCUT2D eigenvalue weighted by molar-refractivity contribution is 7.89. The molecule has 1 fully saturated rings. The maximum atomic E-state index is 12.9. The minimum atomic E-state index is -3.76. The first-order chi connectivity index (χ1) is 13.8. The number of rotatable bonds is 6. The van der Waals surface area contributed by atoms with Crippen LogP contribution in [0.5, 0.6) is 5.75 Å². The van der Waals surface area contributed by atoms with Gasteiger partial charge in [-0.05, 0) is 37.3 Å². The van der Waals surface area contributed by atoms with Crippen LogP contribution in [0.25, 0.3) is 0 Å². The van der Waals surface area contributed by atoms with Crippen molar-refractivity contribution in [1.29, 1.82) is 0 Å². The van der Waals surface area contributed by atoms with E-state index in [2.05, 4.69) is 5.32 Å². The number of ketones is 1. The second-order valence-electron chi connectivity index (χ2n) is 6.47. The molecule has 9 heteroatoms. The van der Waals surface area contributed by atoms with Crippen LogP contribution in [0.4, 0.5) is 5.69 Å². The zero-order chi connectivity index (χ0) is 21.0. The Kier molecular flexibility index (Phi) is 6.31. The number of anilines is 1. The lowest BCUT2D eigenvalue weighted by Crippen LogP contribution is -2.40. The summed E-state index contributed by atoms with van der Waals surface area (Å²) in [5.74, 6) is -0.426. The van der Waals surface area contributed by atoms with Gasteiger partial charge in [0.1, 0.15) is 5.75 Å². The number of benzene rings is 2. The third-order valence-electron chi connectivity index (χ3n) is 4.55. The molecule has 3 rings (SSSR count). The maximum absolute atomic E-state index is 12.9. The van der Waals surface area contributed by atoms with Gasteiger partial charge in [-0.25, -0.2) is 8.42 Å². The van der Waals surface area contributed by atoms with Gasteiger partial charge in [-0.3, -0.25) is 9.59 Å². The van der Waals surface area contributed by atoms with Crippen LogP contribution in [0.1, 0.15) is 27.6 Å². The highest BCUT2D eigenvalue weighted by Gasteiger charge is 2.28. The molecule has 1 aliphatic heterocycles. The second-order valence-corrected chi connectivity index (χ2v) is 8.41. The standard InChI is InChI=1S/C20H22N2O6S/c1-14(23)15-4-3-5-16(12-15)21-20(24)18-13-17(6-7-19(18)27-2)29(25,26)22-8-10-28-11-9-22/h3-7,12-13H,8-11H2,1-2H3,(H,21,24). The van der Waals surface area contributed by atoms with Gasteiger partial charge in [-0.15, -0.1) is 0 Å². The predicted molar refractivity (Wildman–Crippen MR) is 107 cm³/mol. The second kappa shape index (κ2) is 8.73. The molecule has 1 amide bonds. The summed E-state index contributed by atoms with van der Waals surface area (Å²) >= 11 is 0. The van der Waals surface area contributed by atoms with E-state index in [4.69, 9.17) is 9.47 Å². The van der Waals surface area contributed by atoms with Gasteiger partial charge in [-0.2, -0.15) is 4.31 Å². The Morgan fingerprint density at radius 3 is 2.48 bits per heavy atom. The number of morpholine rings is 1. The van der Waals surface area contributed by atoms with Crippen molar-refractivity contribution in [2.75, 3.05) is 38.7 Å². The molecule has 0 spiro atoms. The summed E-state index contributed by atoms with van der Waals surface area (Å²) in [7, 11) is -2.36. The molecule has 154 valence electrons. The van der Waals surface area contributed by atoms with Crippen molar-refractivity contribution >= 4 is 27.4 Å². The molecule has 0 unspecified atom stereocenters. The number of methoxy groups -OCH3 is 1. The fraction of sp³-hybridized carbons (Fsp3) is 0.300. The zero-order valence-electron chi connectivity index (χ0n) is 16.2. The Balaban J connectivity index is 1.91. The average Bonchev–Trinajstić information content (AvgIpc) is 2.74. The molecule has 2 aromatic rings. The number of nitrogens with one attached hydrogen (secondary N) is 1. The third-order valence-corrected chi connectivity index (χ3v) is 6.44. The van der Waals surface area contributed by atoms with E-state index < -0.39 is 15.9 Å². The first kappa shape index (κ1) is 21.0. The summed E-state index contributed by atoms with van der Waals surface area (Å²) in [6.07, 6.45) is 0. The number of carbonyl (C=O) groups excluding carboxylic acids is 2. The van der Waals surface area contributed by atoms with Crippen molar-refractivity contribution in [3.8, 4) is 5.75 Å². The molecule has 29 heavy (non-hydrogen) atoms. The van der Waals surface area contributed by atoms with E-state index in [0.29, 0.717) is 24.5 Å². The van der Waals surface area contributed by atoms with Crippen LogP contribution < -0.4 is 10.1 Å². The number of amides is 1. The Hall–Kier alpha value is -2.75. The lowest BCUT2D eigenvalue weighted by molar-refractivity contribution is 0.0730. The fourth-order valence-electron chi connectivity index (χ4n) is 2.98. The number of nitrogens with zero attached hydrogens (tertiary/aromatic N) is 1. The molecule has 1 heterocycles. The molecule has 0 radical (unpaired) electrons. The van der Waals surface area contributed by atoms with Crippen molar-refractivity contribution < 1.29 is 27.5 Å². The summed E-state index contributed by atoms with van der Waals surface area (Å²) in [6, 6.07) is 10.7. The van der Waals surface area contributed by atoms with Crippen molar-refractivity contribution in [2.24, 2.45) is 0 Å². The number of hydrogen-bond acceptors (Lipinski definition) is 6. The van der Waals surface area contributed by atoms with Crippen molar-refractivity contribution in [3.63, 3.8) is 0 Å². The van der Waals surface area contributed by atoms with Gasteiger partial charge < -0.3 is 14.8 Å². The lowest BCUT2D eigenvalue weighted by atomic mass is 10.1. The molecule has 1 aliphatic rings. The van der Waals surface area contributed by atoms with Crippen LogP contribution >= 0.6 is 0 Å². The average molecular weight is 418 g/mol. The van der Waals surface area contributed by atoms with Crippen molar-refractivity contribution in [2.45, 2.75) is 11.8 Å². The molecule has 0 bridgehead atoms. The Morgan fingerprint density at radius 1 is 1.10 bits per heavy atom. The molecule has 1 N–H and O–H groups in total. The van der Waals surface area contributed by atoms with E-state index >= 15 is 0 Å². The third kappa shape index (κ3) is 4.64. The number of carbonyl (C=O) groups is 2. The molecule has 0 saturated carbocycles. The van der Waals surface area contributed by atoms with E-state index in [0.717, 1.165) is 0 Å². The summed E-state index contributed by atoms with van der Waals surface area (Å²) in [5.41, 5.74) is 0.958. The maximum Gasteiger partial charge on any atom is 0.259 e.